The molecular weight excluding hydrogens is 154 g/mol. The average molecular weight is 171 g/mol. The Morgan fingerprint density at radius 2 is 2.42 bits per heavy atom. The molecule has 4 nitrogen and oxygen atoms in total. The summed E-state index contributed by atoms with van der Waals surface area (Å²) in [7, 11) is 0. The third-order valence-electron chi connectivity index (χ3n) is 2.11. The van der Waals surface area contributed by atoms with E-state index in [1.165, 1.54) is 12.8 Å². The molecule has 4 heteroatoms. The van der Waals surface area contributed by atoms with Gasteiger partial charge in [0.05, 0.1) is 6.54 Å². The zero-order chi connectivity index (χ0) is 8.81. The van der Waals surface area contributed by atoms with Gasteiger partial charge in [0, 0.05) is 12.6 Å². The number of carbonyl (C=O) groups is 1. The summed E-state index contributed by atoms with van der Waals surface area (Å²) in [5.41, 5.74) is 5.03. The number of amides is 1. The van der Waals surface area contributed by atoms with Crippen LogP contribution in [0, 0.1) is 0 Å². The molecule has 1 fully saturated rings. The second-order valence-corrected chi connectivity index (χ2v) is 3.24. The highest BCUT2D eigenvalue weighted by Crippen LogP contribution is 2.03. The maximum Gasteiger partial charge on any atom is 0.231 e. The number of nitrogens with two attached hydrogens (primary N) is 1. The minimum Gasteiger partial charge on any atom is -0.369 e. The summed E-state index contributed by atoms with van der Waals surface area (Å²) in [5, 5.41) is 6.43. The number of rotatable bonds is 3. The van der Waals surface area contributed by atoms with Crippen LogP contribution < -0.4 is 16.4 Å². The van der Waals surface area contributed by atoms with E-state index >= 15 is 0 Å². The lowest BCUT2D eigenvalue weighted by Crippen LogP contribution is -2.41. The largest absolute Gasteiger partial charge is 0.369 e. The molecule has 0 aliphatic carbocycles. The van der Waals surface area contributed by atoms with Crippen molar-refractivity contribution >= 4 is 5.91 Å². The Kier molecular flexibility index (Phi) is 4.04. The van der Waals surface area contributed by atoms with Crippen LogP contribution in [0.5, 0.6) is 0 Å². The van der Waals surface area contributed by atoms with Gasteiger partial charge < -0.3 is 16.4 Å². The Morgan fingerprint density at radius 3 is 3.17 bits per heavy atom. The third kappa shape index (κ3) is 3.69. The molecule has 0 saturated carbocycles. The van der Waals surface area contributed by atoms with Crippen molar-refractivity contribution in [1.29, 1.82) is 0 Å². The molecule has 1 heterocycles. The standard InChI is InChI=1S/C8H17N3O/c9-8(12)6-11-7-3-1-2-4-10-5-7/h7,10-11H,1-6H2,(H2,9,12)/t7-/m0/s1. The van der Waals surface area contributed by atoms with Crippen LogP contribution in [0.4, 0.5) is 0 Å². The van der Waals surface area contributed by atoms with Crippen molar-refractivity contribution < 1.29 is 4.79 Å². The van der Waals surface area contributed by atoms with E-state index < -0.39 is 0 Å². The highest BCUT2D eigenvalue weighted by Gasteiger charge is 2.10. The van der Waals surface area contributed by atoms with Gasteiger partial charge in [-0.1, -0.05) is 6.42 Å². The fourth-order valence-corrected chi connectivity index (χ4v) is 1.44. The lowest BCUT2D eigenvalue weighted by molar-refractivity contribution is -0.117. The molecule has 4 N–H and O–H groups in total. The number of nitrogens with one attached hydrogen (secondary N) is 2. The highest BCUT2D eigenvalue weighted by atomic mass is 16.1. The molecule has 0 spiro atoms. The summed E-state index contributed by atoms with van der Waals surface area (Å²) in [6.07, 6.45) is 3.60. The average Bonchev–Trinajstić information content (AvgIpc) is 2.28. The number of primary amides is 1. The Hall–Kier alpha value is -0.610. The van der Waals surface area contributed by atoms with Crippen molar-refractivity contribution in [3.8, 4) is 0 Å². The molecular formula is C8H17N3O. The first-order valence-electron chi connectivity index (χ1n) is 4.51. The first-order chi connectivity index (χ1) is 5.79. The van der Waals surface area contributed by atoms with E-state index in [2.05, 4.69) is 10.6 Å². The van der Waals surface area contributed by atoms with Crippen LogP contribution in [0.25, 0.3) is 0 Å². The van der Waals surface area contributed by atoms with Crippen molar-refractivity contribution in [3.63, 3.8) is 0 Å². The predicted octanol–water partition coefficient (Wildman–Crippen LogP) is -0.797. The molecule has 0 aromatic rings. The summed E-state index contributed by atoms with van der Waals surface area (Å²) in [6.45, 7) is 2.34. The molecule has 12 heavy (non-hydrogen) atoms. The minimum absolute atomic E-state index is 0.278. The van der Waals surface area contributed by atoms with Crippen LogP contribution in [-0.2, 0) is 4.79 Å². The summed E-state index contributed by atoms with van der Waals surface area (Å²) in [4.78, 5) is 10.5. The number of hydrogen-bond acceptors (Lipinski definition) is 3. The monoisotopic (exact) mass is 171 g/mol. The van der Waals surface area contributed by atoms with Gasteiger partial charge in [0.1, 0.15) is 0 Å². The van der Waals surface area contributed by atoms with E-state index in [9.17, 15) is 4.79 Å². The van der Waals surface area contributed by atoms with E-state index in [1.807, 2.05) is 0 Å². The minimum atomic E-state index is -0.278. The zero-order valence-corrected chi connectivity index (χ0v) is 7.31. The maximum absolute atomic E-state index is 10.5. The Labute approximate surface area is 72.9 Å². The van der Waals surface area contributed by atoms with E-state index in [1.54, 1.807) is 0 Å². The van der Waals surface area contributed by atoms with Crippen LogP contribution in [0.15, 0.2) is 0 Å². The molecule has 1 atom stereocenters. The second-order valence-electron chi connectivity index (χ2n) is 3.24. The van der Waals surface area contributed by atoms with Crippen LogP contribution in [0.2, 0.25) is 0 Å². The molecule has 0 radical (unpaired) electrons. The molecule has 1 saturated heterocycles. The number of hydrogen-bond donors (Lipinski definition) is 3. The van der Waals surface area contributed by atoms with Gasteiger partial charge in [-0.15, -0.1) is 0 Å². The zero-order valence-electron chi connectivity index (χ0n) is 7.31. The smallest absolute Gasteiger partial charge is 0.231 e. The molecule has 1 rings (SSSR count). The van der Waals surface area contributed by atoms with Gasteiger partial charge >= 0.3 is 0 Å². The summed E-state index contributed by atoms with van der Waals surface area (Å²) >= 11 is 0. The predicted molar refractivity (Wildman–Crippen MR) is 47.7 cm³/mol. The molecule has 70 valence electrons. The van der Waals surface area contributed by atoms with E-state index in [-0.39, 0.29) is 5.91 Å². The van der Waals surface area contributed by atoms with Gasteiger partial charge in [-0.2, -0.15) is 0 Å². The van der Waals surface area contributed by atoms with Gasteiger partial charge in [0.25, 0.3) is 0 Å². The van der Waals surface area contributed by atoms with Crippen molar-refractivity contribution in [2.24, 2.45) is 5.73 Å². The van der Waals surface area contributed by atoms with Crippen molar-refractivity contribution in [1.82, 2.24) is 10.6 Å². The SMILES string of the molecule is NC(=O)CN[C@H]1CCCCNC1. The third-order valence-corrected chi connectivity index (χ3v) is 2.11. The molecule has 0 aromatic carbocycles. The topological polar surface area (TPSA) is 67.2 Å². The fraction of sp³-hybridized carbons (Fsp3) is 0.875. The van der Waals surface area contributed by atoms with Crippen LogP contribution >= 0.6 is 0 Å². The molecule has 1 aliphatic rings. The molecule has 1 aliphatic heterocycles. The Bertz CT molecular complexity index is 141. The molecule has 0 bridgehead atoms. The van der Waals surface area contributed by atoms with E-state index in [0.717, 1.165) is 19.5 Å². The lowest BCUT2D eigenvalue weighted by Gasteiger charge is -2.14. The van der Waals surface area contributed by atoms with Crippen LogP contribution in [0.3, 0.4) is 0 Å². The molecule has 1 amide bonds. The van der Waals surface area contributed by atoms with E-state index in [0.29, 0.717) is 12.6 Å². The highest BCUT2D eigenvalue weighted by molar-refractivity contribution is 5.75. The fourth-order valence-electron chi connectivity index (χ4n) is 1.44. The summed E-state index contributed by atoms with van der Waals surface area (Å²) < 4.78 is 0. The first kappa shape index (κ1) is 9.48. The van der Waals surface area contributed by atoms with Crippen LogP contribution in [-0.4, -0.2) is 31.6 Å². The number of carbonyl (C=O) groups excluding carboxylic acids is 1. The first-order valence-corrected chi connectivity index (χ1v) is 4.51. The Morgan fingerprint density at radius 1 is 1.58 bits per heavy atom. The maximum atomic E-state index is 10.5. The van der Waals surface area contributed by atoms with Gasteiger partial charge in [-0.3, -0.25) is 4.79 Å². The van der Waals surface area contributed by atoms with Gasteiger partial charge in [0.15, 0.2) is 0 Å². The van der Waals surface area contributed by atoms with Crippen LogP contribution in [0.1, 0.15) is 19.3 Å². The molecule has 0 unspecified atom stereocenters. The van der Waals surface area contributed by atoms with Gasteiger partial charge in [-0.05, 0) is 19.4 Å². The molecule has 0 aromatic heterocycles. The van der Waals surface area contributed by atoms with Crippen molar-refractivity contribution in [3.05, 3.63) is 0 Å². The lowest BCUT2D eigenvalue weighted by atomic mass is 10.1. The summed E-state index contributed by atoms with van der Waals surface area (Å²) in [5.74, 6) is -0.278. The van der Waals surface area contributed by atoms with Gasteiger partial charge in [-0.25, -0.2) is 0 Å². The quantitative estimate of drug-likeness (QED) is 0.521. The normalized spacial score (nSPS) is 24.8. The Balaban J connectivity index is 2.16. The second kappa shape index (κ2) is 5.11. The summed E-state index contributed by atoms with van der Waals surface area (Å²) in [6, 6.07) is 0.417. The van der Waals surface area contributed by atoms with E-state index in [4.69, 9.17) is 5.73 Å². The van der Waals surface area contributed by atoms with Gasteiger partial charge in [0.2, 0.25) is 5.91 Å². The van der Waals surface area contributed by atoms with Crippen molar-refractivity contribution in [2.45, 2.75) is 25.3 Å². The van der Waals surface area contributed by atoms with Crippen molar-refractivity contribution in [2.75, 3.05) is 19.6 Å².